The molecule has 1 aromatic rings. The fourth-order valence-electron chi connectivity index (χ4n) is 1.94. The molecule has 2 N–H and O–H groups in total. The standard InChI is InChI=1S/C15H22N2O4/c1-5-17(6-2)14(18)10(3)21-15(19)12-8-7-11(16)9-13(12)20-4/h7-10H,5-6,16H2,1-4H3. The average Bonchev–Trinajstić information content (AvgIpc) is 2.47. The van der Waals surface area contributed by atoms with Gasteiger partial charge >= 0.3 is 5.97 Å². The van der Waals surface area contributed by atoms with Gasteiger partial charge in [0, 0.05) is 24.8 Å². The molecule has 1 amide bonds. The Morgan fingerprint density at radius 2 is 1.90 bits per heavy atom. The molecular formula is C15H22N2O4. The topological polar surface area (TPSA) is 81.9 Å². The van der Waals surface area contributed by atoms with E-state index in [1.54, 1.807) is 17.9 Å². The first-order chi connectivity index (χ1) is 9.94. The number of methoxy groups -OCH3 is 1. The van der Waals surface area contributed by atoms with Crippen LogP contribution in [-0.2, 0) is 9.53 Å². The molecule has 1 aromatic carbocycles. The van der Waals surface area contributed by atoms with Gasteiger partial charge in [0.15, 0.2) is 6.10 Å². The maximum atomic E-state index is 12.1. The predicted octanol–water partition coefficient (Wildman–Crippen LogP) is 1.69. The van der Waals surface area contributed by atoms with Crippen LogP contribution in [0.4, 0.5) is 5.69 Å². The maximum Gasteiger partial charge on any atom is 0.342 e. The molecule has 0 heterocycles. The van der Waals surface area contributed by atoms with E-state index in [9.17, 15) is 9.59 Å². The van der Waals surface area contributed by atoms with Gasteiger partial charge in [-0.15, -0.1) is 0 Å². The number of hydrogen-bond donors (Lipinski definition) is 1. The normalized spacial score (nSPS) is 11.6. The molecule has 0 aliphatic heterocycles. The Kier molecular flexibility index (Phi) is 6.02. The predicted molar refractivity (Wildman–Crippen MR) is 80.2 cm³/mol. The van der Waals surface area contributed by atoms with E-state index in [2.05, 4.69) is 0 Å². The smallest absolute Gasteiger partial charge is 0.342 e. The van der Waals surface area contributed by atoms with Gasteiger partial charge in [-0.2, -0.15) is 0 Å². The van der Waals surface area contributed by atoms with Crippen molar-refractivity contribution in [3.05, 3.63) is 23.8 Å². The summed E-state index contributed by atoms with van der Waals surface area (Å²) in [6.07, 6.45) is -0.848. The van der Waals surface area contributed by atoms with Crippen molar-refractivity contribution in [1.82, 2.24) is 4.90 Å². The van der Waals surface area contributed by atoms with Gasteiger partial charge in [0.05, 0.1) is 7.11 Å². The maximum absolute atomic E-state index is 12.1. The van der Waals surface area contributed by atoms with Gasteiger partial charge in [0.1, 0.15) is 11.3 Å². The Bertz CT molecular complexity index is 512. The summed E-state index contributed by atoms with van der Waals surface area (Å²) in [5.74, 6) is -0.509. The molecule has 6 heteroatoms. The Balaban J connectivity index is 2.84. The van der Waals surface area contributed by atoms with E-state index in [4.69, 9.17) is 15.2 Å². The van der Waals surface area contributed by atoms with Gasteiger partial charge in [-0.1, -0.05) is 0 Å². The van der Waals surface area contributed by atoms with E-state index in [1.807, 2.05) is 13.8 Å². The number of nitrogens with two attached hydrogens (primary N) is 1. The molecule has 116 valence electrons. The van der Waals surface area contributed by atoms with Gasteiger partial charge in [0.25, 0.3) is 5.91 Å². The minimum Gasteiger partial charge on any atom is -0.496 e. The lowest BCUT2D eigenvalue weighted by molar-refractivity contribution is -0.139. The number of carbonyl (C=O) groups excluding carboxylic acids is 2. The highest BCUT2D eigenvalue weighted by atomic mass is 16.5. The fraction of sp³-hybridized carbons (Fsp3) is 0.467. The monoisotopic (exact) mass is 294 g/mol. The third-order valence-corrected chi connectivity index (χ3v) is 3.15. The second-order valence-corrected chi connectivity index (χ2v) is 4.52. The van der Waals surface area contributed by atoms with Crippen LogP contribution in [0.5, 0.6) is 5.75 Å². The van der Waals surface area contributed by atoms with E-state index in [0.29, 0.717) is 24.5 Å². The number of anilines is 1. The summed E-state index contributed by atoms with van der Waals surface area (Å²) >= 11 is 0. The largest absolute Gasteiger partial charge is 0.496 e. The van der Waals surface area contributed by atoms with Crippen LogP contribution < -0.4 is 10.5 Å². The van der Waals surface area contributed by atoms with E-state index in [1.165, 1.54) is 19.2 Å². The summed E-state index contributed by atoms with van der Waals surface area (Å²) in [7, 11) is 1.44. The quantitative estimate of drug-likeness (QED) is 0.638. The second-order valence-electron chi connectivity index (χ2n) is 4.52. The Morgan fingerprint density at radius 3 is 2.43 bits per heavy atom. The summed E-state index contributed by atoms with van der Waals surface area (Å²) in [4.78, 5) is 25.8. The number of amides is 1. The molecule has 1 atom stereocenters. The summed E-state index contributed by atoms with van der Waals surface area (Å²) < 4.78 is 10.3. The fourth-order valence-corrected chi connectivity index (χ4v) is 1.94. The average molecular weight is 294 g/mol. The number of rotatable bonds is 6. The Hall–Kier alpha value is -2.24. The molecule has 0 radical (unpaired) electrons. The zero-order valence-electron chi connectivity index (χ0n) is 12.9. The van der Waals surface area contributed by atoms with Crippen LogP contribution >= 0.6 is 0 Å². The summed E-state index contributed by atoms with van der Waals surface area (Å²) in [6, 6.07) is 4.63. The van der Waals surface area contributed by atoms with Crippen LogP contribution in [0.25, 0.3) is 0 Å². The van der Waals surface area contributed by atoms with Crippen LogP contribution in [0.3, 0.4) is 0 Å². The van der Waals surface area contributed by atoms with Gasteiger partial charge in [-0.25, -0.2) is 4.79 Å². The van der Waals surface area contributed by atoms with E-state index >= 15 is 0 Å². The van der Waals surface area contributed by atoms with E-state index in [-0.39, 0.29) is 11.5 Å². The van der Waals surface area contributed by atoms with Crippen LogP contribution in [0.15, 0.2) is 18.2 Å². The molecule has 0 aromatic heterocycles. The summed E-state index contributed by atoms with van der Waals surface area (Å²) in [5, 5.41) is 0. The highest BCUT2D eigenvalue weighted by Gasteiger charge is 2.24. The number of nitrogens with zero attached hydrogens (tertiary/aromatic N) is 1. The summed E-state index contributed by atoms with van der Waals surface area (Å²) in [6.45, 7) is 6.45. The van der Waals surface area contributed by atoms with Crippen molar-refractivity contribution < 1.29 is 19.1 Å². The first-order valence-electron chi connectivity index (χ1n) is 6.87. The molecule has 0 saturated carbocycles. The third-order valence-electron chi connectivity index (χ3n) is 3.15. The number of likely N-dealkylation sites (N-methyl/N-ethyl adjacent to an activating group) is 1. The summed E-state index contributed by atoms with van der Waals surface area (Å²) in [5.41, 5.74) is 6.36. The van der Waals surface area contributed by atoms with Crippen molar-refractivity contribution in [2.75, 3.05) is 25.9 Å². The number of benzene rings is 1. The highest BCUT2D eigenvalue weighted by Crippen LogP contribution is 2.22. The second kappa shape index (κ2) is 7.52. The zero-order valence-corrected chi connectivity index (χ0v) is 12.9. The Labute approximate surface area is 124 Å². The van der Waals surface area contributed by atoms with E-state index in [0.717, 1.165) is 0 Å². The molecule has 0 aliphatic carbocycles. The Morgan fingerprint density at radius 1 is 1.29 bits per heavy atom. The minimum atomic E-state index is -0.848. The van der Waals surface area contributed by atoms with Gasteiger partial charge < -0.3 is 20.1 Å². The molecule has 1 rings (SSSR count). The van der Waals surface area contributed by atoms with Crippen molar-refractivity contribution in [1.29, 1.82) is 0 Å². The van der Waals surface area contributed by atoms with Crippen LogP contribution in [0.2, 0.25) is 0 Å². The molecule has 0 spiro atoms. The molecule has 0 saturated heterocycles. The van der Waals surface area contributed by atoms with Crippen molar-refractivity contribution in [3.63, 3.8) is 0 Å². The van der Waals surface area contributed by atoms with Crippen LogP contribution in [-0.4, -0.2) is 43.1 Å². The minimum absolute atomic E-state index is 0.220. The number of carbonyl (C=O) groups is 2. The molecule has 0 aliphatic rings. The molecule has 21 heavy (non-hydrogen) atoms. The van der Waals surface area contributed by atoms with Gasteiger partial charge in [-0.3, -0.25) is 4.79 Å². The molecule has 0 bridgehead atoms. The van der Waals surface area contributed by atoms with Gasteiger partial charge in [0.2, 0.25) is 0 Å². The molecule has 0 fully saturated rings. The van der Waals surface area contributed by atoms with Gasteiger partial charge in [-0.05, 0) is 32.9 Å². The number of ether oxygens (including phenoxy) is 2. The van der Waals surface area contributed by atoms with Crippen molar-refractivity contribution in [2.45, 2.75) is 26.9 Å². The van der Waals surface area contributed by atoms with Crippen LogP contribution in [0.1, 0.15) is 31.1 Å². The SMILES string of the molecule is CCN(CC)C(=O)C(C)OC(=O)c1ccc(N)cc1OC. The first kappa shape index (κ1) is 16.8. The number of esters is 1. The van der Waals surface area contributed by atoms with Crippen molar-refractivity contribution in [2.24, 2.45) is 0 Å². The van der Waals surface area contributed by atoms with Crippen LogP contribution in [0, 0.1) is 0 Å². The lowest BCUT2D eigenvalue weighted by atomic mass is 10.2. The first-order valence-corrected chi connectivity index (χ1v) is 6.87. The third kappa shape index (κ3) is 4.11. The molecule has 1 unspecified atom stereocenters. The zero-order chi connectivity index (χ0) is 16.0. The molecule has 6 nitrogen and oxygen atoms in total. The van der Waals surface area contributed by atoms with E-state index < -0.39 is 12.1 Å². The lowest BCUT2D eigenvalue weighted by Gasteiger charge is -2.23. The highest BCUT2D eigenvalue weighted by molar-refractivity contribution is 5.95. The molecular weight excluding hydrogens is 272 g/mol. The number of nitrogen functional groups attached to an aromatic ring is 1. The van der Waals surface area contributed by atoms with Crippen molar-refractivity contribution in [3.8, 4) is 5.75 Å². The van der Waals surface area contributed by atoms with Crippen molar-refractivity contribution >= 4 is 17.6 Å². The lowest BCUT2D eigenvalue weighted by Crippen LogP contribution is -2.39. The number of hydrogen-bond acceptors (Lipinski definition) is 5.